The summed E-state index contributed by atoms with van der Waals surface area (Å²) < 4.78 is 26.5. The van der Waals surface area contributed by atoms with Crippen LogP contribution in [0.2, 0.25) is 0 Å². The Morgan fingerprint density at radius 3 is 1.86 bits per heavy atom. The van der Waals surface area contributed by atoms with Crippen molar-refractivity contribution in [2.45, 2.75) is 0 Å². The van der Waals surface area contributed by atoms with Crippen LogP contribution in [0.4, 0.5) is 20.2 Å². The van der Waals surface area contributed by atoms with Gasteiger partial charge in [0.2, 0.25) is 0 Å². The summed E-state index contributed by atoms with van der Waals surface area (Å²) in [6, 6.07) is 19.3. The van der Waals surface area contributed by atoms with Gasteiger partial charge in [-0.15, -0.1) is 0 Å². The number of rotatable bonds is 4. The molecular weight excluding hydrogens is 362 g/mol. The SMILES string of the molecule is O=C1C(Nc2ccc(F)cc2)=C(c2ccc(F)cc2)C(=O)N1c1ccccc1. The van der Waals surface area contributed by atoms with Gasteiger partial charge in [0.1, 0.15) is 17.3 Å². The number of hydrogen-bond acceptors (Lipinski definition) is 3. The summed E-state index contributed by atoms with van der Waals surface area (Å²) in [6.07, 6.45) is 0. The number of amides is 2. The van der Waals surface area contributed by atoms with E-state index in [2.05, 4.69) is 5.32 Å². The molecule has 0 aliphatic carbocycles. The highest BCUT2D eigenvalue weighted by Crippen LogP contribution is 2.33. The Labute approximate surface area is 159 Å². The second-order valence-corrected chi connectivity index (χ2v) is 6.17. The number of carbonyl (C=O) groups is 2. The van der Waals surface area contributed by atoms with Gasteiger partial charge in [0, 0.05) is 5.69 Å². The summed E-state index contributed by atoms with van der Waals surface area (Å²) >= 11 is 0. The minimum atomic E-state index is -0.542. The molecule has 6 heteroatoms. The second kappa shape index (κ2) is 7.08. The lowest BCUT2D eigenvalue weighted by Gasteiger charge is -2.15. The van der Waals surface area contributed by atoms with Gasteiger partial charge in [0.15, 0.2) is 0 Å². The summed E-state index contributed by atoms with van der Waals surface area (Å²) in [5, 5.41) is 2.92. The number of imide groups is 1. The predicted molar refractivity (Wildman–Crippen MR) is 102 cm³/mol. The standard InChI is InChI=1S/C22H14F2N2O2/c23-15-8-6-14(7-9-15)19-20(25-17-12-10-16(24)11-13-17)22(28)26(21(19)27)18-4-2-1-3-5-18/h1-13,25H. The third-order valence-corrected chi connectivity index (χ3v) is 4.34. The van der Waals surface area contributed by atoms with E-state index < -0.39 is 23.4 Å². The predicted octanol–water partition coefficient (Wildman–Crippen LogP) is 4.36. The van der Waals surface area contributed by atoms with Gasteiger partial charge >= 0.3 is 0 Å². The van der Waals surface area contributed by atoms with Crippen molar-refractivity contribution in [3.63, 3.8) is 0 Å². The molecule has 0 aromatic heterocycles. The van der Waals surface area contributed by atoms with Gasteiger partial charge in [0.05, 0.1) is 11.3 Å². The van der Waals surface area contributed by atoms with Crippen LogP contribution < -0.4 is 10.2 Å². The van der Waals surface area contributed by atoms with E-state index in [1.807, 2.05) is 0 Å². The van der Waals surface area contributed by atoms with Crippen LogP contribution in [0.1, 0.15) is 5.56 Å². The fraction of sp³-hybridized carbons (Fsp3) is 0. The zero-order valence-electron chi connectivity index (χ0n) is 14.5. The van der Waals surface area contributed by atoms with E-state index in [9.17, 15) is 18.4 Å². The number of anilines is 2. The van der Waals surface area contributed by atoms with Crippen LogP contribution in [0.3, 0.4) is 0 Å². The summed E-state index contributed by atoms with van der Waals surface area (Å²) in [5.74, 6) is -1.93. The molecule has 0 spiro atoms. The summed E-state index contributed by atoms with van der Waals surface area (Å²) in [7, 11) is 0. The van der Waals surface area contributed by atoms with E-state index in [1.165, 1.54) is 48.5 Å². The Morgan fingerprint density at radius 2 is 1.25 bits per heavy atom. The number of hydrogen-bond donors (Lipinski definition) is 1. The largest absolute Gasteiger partial charge is 0.350 e. The normalized spacial score (nSPS) is 14.0. The van der Waals surface area contributed by atoms with Crippen LogP contribution in [0.25, 0.3) is 5.57 Å². The first-order valence-corrected chi connectivity index (χ1v) is 8.51. The maximum atomic E-state index is 13.3. The quantitative estimate of drug-likeness (QED) is 0.689. The number of nitrogens with one attached hydrogen (secondary N) is 1. The lowest BCUT2D eigenvalue weighted by atomic mass is 10.0. The Hall–Kier alpha value is -3.80. The molecule has 0 saturated carbocycles. The molecule has 0 unspecified atom stereocenters. The maximum absolute atomic E-state index is 13.3. The first-order chi connectivity index (χ1) is 13.5. The molecule has 3 aromatic carbocycles. The zero-order valence-corrected chi connectivity index (χ0v) is 14.5. The van der Waals surface area contributed by atoms with Crippen LogP contribution in [0.5, 0.6) is 0 Å². The minimum absolute atomic E-state index is 0.0482. The Bertz CT molecular complexity index is 1080. The fourth-order valence-electron chi connectivity index (χ4n) is 3.02. The average Bonchev–Trinajstić information content (AvgIpc) is 2.95. The zero-order chi connectivity index (χ0) is 19.7. The number of para-hydroxylation sites is 1. The molecule has 0 radical (unpaired) electrons. The molecule has 28 heavy (non-hydrogen) atoms. The van der Waals surface area contributed by atoms with Crippen molar-refractivity contribution in [2.75, 3.05) is 10.2 Å². The van der Waals surface area contributed by atoms with Gasteiger partial charge in [0.25, 0.3) is 11.8 Å². The van der Waals surface area contributed by atoms with Gasteiger partial charge in [-0.25, -0.2) is 13.7 Å². The van der Waals surface area contributed by atoms with E-state index >= 15 is 0 Å². The summed E-state index contributed by atoms with van der Waals surface area (Å²) in [5.41, 5.74) is 1.45. The third-order valence-electron chi connectivity index (χ3n) is 4.34. The molecule has 138 valence electrons. The number of benzene rings is 3. The van der Waals surface area contributed by atoms with Crippen molar-refractivity contribution >= 4 is 28.8 Å². The van der Waals surface area contributed by atoms with Crippen molar-refractivity contribution in [3.05, 3.63) is 102 Å². The van der Waals surface area contributed by atoms with Crippen molar-refractivity contribution in [1.82, 2.24) is 0 Å². The van der Waals surface area contributed by atoms with Crippen molar-refractivity contribution in [3.8, 4) is 0 Å². The van der Waals surface area contributed by atoms with Gasteiger partial charge in [-0.05, 0) is 54.1 Å². The molecule has 1 aliphatic heterocycles. The highest BCUT2D eigenvalue weighted by atomic mass is 19.1. The third kappa shape index (κ3) is 3.16. The summed E-state index contributed by atoms with van der Waals surface area (Å²) in [4.78, 5) is 27.2. The van der Waals surface area contributed by atoms with Crippen LogP contribution in [-0.2, 0) is 9.59 Å². The van der Waals surface area contributed by atoms with Crippen molar-refractivity contribution in [2.24, 2.45) is 0 Å². The van der Waals surface area contributed by atoms with E-state index in [0.717, 1.165) is 4.90 Å². The molecule has 2 amide bonds. The molecular formula is C22H14F2N2O2. The minimum Gasteiger partial charge on any atom is -0.350 e. The Morgan fingerprint density at radius 1 is 0.679 bits per heavy atom. The molecule has 4 nitrogen and oxygen atoms in total. The van der Waals surface area contributed by atoms with Crippen LogP contribution in [-0.4, -0.2) is 11.8 Å². The molecule has 0 saturated heterocycles. The molecule has 0 bridgehead atoms. The number of halogens is 2. The van der Waals surface area contributed by atoms with Gasteiger partial charge < -0.3 is 5.32 Å². The highest BCUT2D eigenvalue weighted by molar-refractivity contribution is 6.46. The highest BCUT2D eigenvalue weighted by Gasteiger charge is 2.40. The Kier molecular flexibility index (Phi) is 4.45. The summed E-state index contributed by atoms with van der Waals surface area (Å²) in [6.45, 7) is 0. The van der Waals surface area contributed by atoms with E-state index in [-0.39, 0.29) is 11.3 Å². The molecule has 3 aromatic rings. The van der Waals surface area contributed by atoms with E-state index in [1.54, 1.807) is 30.3 Å². The molecule has 1 N–H and O–H groups in total. The number of carbonyl (C=O) groups excluding carboxylic acids is 2. The molecule has 4 rings (SSSR count). The van der Waals surface area contributed by atoms with Crippen molar-refractivity contribution in [1.29, 1.82) is 0 Å². The number of nitrogens with zero attached hydrogens (tertiary/aromatic N) is 1. The van der Waals surface area contributed by atoms with Gasteiger partial charge in [-0.1, -0.05) is 30.3 Å². The lowest BCUT2D eigenvalue weighted by molar-refractivity contribution is -0.120. The first kappa shape index (κ1) is 17.6. The fourth-order valence-corrected chi connectivity index (χ4v) is 3.02. The van der Waals surface area contributed by atoms with Crippen LogP contribution in [0, 0.1) is 11.6 Å². The molecule has 0 fully saturated rings. The van der Waals surface area contributed by atoms with Gasteiger partial charge in [-0.3, -0.25) is 9.59 Å². The average molecular weight is 376 g/mol. The van der Waals surface area contributed by atoms with Crippen molar-refractivity contribution < 1.29 is 18.4 Å². The Balaban J connectivity index is 1.81. The molecule has 1 aliphatic rings. The smallest absolute Gasteiger partial charge is 0.282 e. The second-order valence-electron chi connectivity index (χ2n) is 6.17. The maximum Gasteiger partial charge on any atom is 0.282 e. The van der Waals surface area contributed by atoms with E-state index in [0.29, 0.717) is 16.9 Å². The molecule has 1 heterocycles. The topological polar surface area (TPSA) is 49.4 Å². The van der Waals surface area contributed by atoms with Crippen LogP contribution in [0.15, 0.2) is 84.6 Å². The lowest BCUT2D eigenvalue weighted by Crippen LogP contribution is -2.32. The first-order valence-electron chi connectivity index (χ1n) is 8.51. The van der Waals surface area contributed by atoms with E-state index in [4.69, 9.17) is 0 Å². The monoisotopic (exact) mass is 376 g/mol. The van der Waals surface area contributed by atoms with Crippen LogP contribution >= 0.6 is 0 Å². The molecule has 0 atom stereocenters. The van der Waals surface area contributed by atoms with Gasteiger partial charge in [-0.2, -0.15) is 0 Å².